The minimum atomic E-state index is -3.73. The molecule has 1 amide bonds. The zero-order valence-electron chi connectivity index (χ0n) is 18.1. The second-order valence-corrected chi connectivity index (χ2v) is 10.1. The number of sulfonamides is 1. The molecule has 0 aliphatic heterocycles. The number of hydrogen-bond donors (Lipinski definition) is 2. The molecule has 6 nitrogen and oxygen atoms in total. The molecule has 0 bridgehead atoms. The largest absolute Gasteiger partial charge is 0.484 e. The molecule has 0 aliphatic carbocycles. The Hall–Kier alpha value is -2.84. The van der Waals surface area contributed by atoms with Gasteiger partial charge in [-0.3, -0.25) is 9.52 Å². The molecule has 32 heavy (non-hydrogen) atoms. The van der Waals surface area contributed by atoms with Gasteiger partial charge in [-0.2, -0.15) is 0 Å². The summed E-state index contributed by atoms with van der Waals surface area (Å²) in [6, 6.07) is 18.9. The summed E-state index contributed by atoms with van der Waals surface area (Å²) in [6.07, 6.45) is 0. The van der Waals surface area contributed by atoms with Crippen LogP contribution in [-0.4, -0.2) is 20.9 Å². The molecular weight excluding hydrogens is 492 g/mol. The molecule has 168 valence electrons. The van der Waals surface area contributed by atoms with E-state index >= 15 is 0 Å². The summed E-state index contributed by atoms with van der Waals surface area (Å²) >= 11 is 3.39. The third kappa shape index (κ3) is 6.34. The number of carbonyl (C=O) groups excluding carboxylic acids is 1. The second kappa shape index (κ2) is 10.2. The van der Waals surface area contributed by atoms with Crippen LogP contribution < -0.4 is 14.8 Å². The lowest BCUT2D eigenvalue weighted by molar-refractivity contribution is -0.123. The molecule has 2 N–H and O–H groups in total. The van der Waals surface area contributed by atoms with E-state index in [9.17, 15) is 13.2 Å². The lowest BCUT2D eigenvalue weighted by Gasteiger charge is -2.15. The van der Waals surface area contributed by atoms with Gasteiger partial charge in [-0.1, -0.05) is 34.1 Å². The predicted molar refractivity (Wildman–Crippen MR) is 129 cm³/mol. The molecule has 3 aromatic rings. The van der Waals surface area contributed by atoms with Gasteiger partial charge >= 0.3 is 0 Å². The highest BCUT2D eigenvalue weighted by Crippen LogP contribution is 2.21. The van der Waals surface area contributed by atoms with Crippen molar-refractivity contribution in [1.82, 2.24) is 5.32 Å². The molecule has 0 heterocycles. The van der Waals surface area contributed by atoms with Crippen LogP contribution in [0.1, 0.15) is 29.7 Å². The Bertz CT molecular complexity index is 1190. The van der Waals surface area contributed by atoms with Gasteiger partial charge in [0.1, 0.15) is 5.75 Å². The van der Waals surface area contributed by atoms with Crippen molar-refractivity contribution in [2.45, 2.75) is 31.7 Å². The van der Waals surface area contributed by atoms with Crippen molar-refractivity contribution < 1.29 is 17.9 Å². The molecule has 3 aromatic carbocycles. The van der Waals surface area contributed by atoms with Crippen LogP contribution in [0.2, 0.25) is 0 Å². The molecule has 3 rings (SSSR count). The first-order valence-electron chi connectivity index (χ1n) is 10.0. The number of ether oxygens (including phenoxy) is 1. The fourth-order valence-electron chi connectivity index (χ4n) is 3.00. The lowest BCUT2D eigenvalue weighted by Crippen LogP contribution is -2.31. The normalized spacial score (nSPS) is 12.1. The zero-order valence-corrected chi connectivity index (χ0v) is 20.5. The molecule has 0 saturated carbocycles. The van der Waals surface area contributed by atoms with Crippen LogP contribution in [0.5, 0.6) is 5.75 Å². The van der Waals surface area contributed by atoms with Gasteiger partial charge in [0, 0.05) is 10.2 Å². The Balaban J connectivity index is 1.56. The van der Waals surface area contributed by atoms with Crippen LogP contribution in [0.3, 0.4) is 0 Å². The van der Waals surface area contributed by atoms with Crippen molar-refractivity contribution in [2.24, 2.45) is 0 Å². The van der Waals surface area contributed by atoms with Crippen LogP contribution in [0, 0.1) is 13.8 Å². The van der Waals surface area contributed by atoms with E-state index in [0.717, 1.165) is 21.2 Å². The standard InChI is InChI=1S/C24H25BrN2O4S/c1-16-4-9-21(14-17(16)2)27-32(29,30)23-12-10-22(11-13-23)31-15-24(28)26-18(3)19-5-7-20(25)8-6-19/h4-14,18,27H,15H2,1-3H3,(H,26,28). The van der Waals surface area contributed by atoms with Gasteiger partial charge in [0.25, 0.3) is 15.9 Å². The maximum atomic E-state index is 12.6. The van der Waals surface area contributed by atoms with Crippen molar-refractivity contribution >= 4 is 37.5 Å². The summed E-state index contributed by atoms with van der Waals surface area (Å²) in [5.41, 5.74) is 3.57. The van der Waals surface area contributed by atoms with Gasteiger partial charge in [0.2, 0.25) is 0 Å². The molecule has 0 saturated heterocycles. The first-order chi connectivity index (χ1) is 15.1. The second-order valence-electron chi connectivity index (χ2n) is 7.51. The summed E-state index contributed by atoms with van der Waals surface area (Å²) < 4.78 is 34.3. The van der Waals surface area contributed by atoms with E-state index in [-0.39, 0.29) is 23.5 Å². The van der Waals surface area contributed by atoms with Crippen molar-refractivity contribution in [3.63, 3.8) is 0 Å². The van der Waals surface area contributed by atoms with E-state index in [2.05, 4.69) is 26.0 Å². The Labute approximate surface area is 197 Å². The van der Waals surface area contributed by atoms with Crippen LogP contribution >= 0.6 is 15.9 Å². The van der Waals surface area contributed by atoms with Crippen LogP contribution in [-0.2, 0) is 14.8 Å². The number of rotatable bonds is 8. The highest BCUT2D eigenvalue weighted by atomic mass is 79.9. The maximum Gasteiger partial charge on any atom is 0.261 e. The average molecular weight is 517 g/mol. The Morgan fingerprint density at radius 2 is 1.62 bits per heavy atom. The number of benzene rings is 3. The van der Waals surface area contributed by atoms with Gasteiger partial charge in [0.05, 0.1) is 10.9 Å². The monoisotopic (exact) mass is 516 g/mol. The van der Waals surface area contributed by atoms with Crippen molar-refractivity contribution in [1.29, 1.82) is 0 Å². The number of hydrogen-bond acceptors (Lipinski definition) is 4. The first-order valence-corrected chi connectivity index (χ1v) is 12.3. The van der Waals surface area contributed by atoms with Crippen molar-refractivity contribution in [3.05, 3.63) is 87.9 Å². The summed E-state index contributed by atoms with van der Waals surface area (Å²) in [4.78, 5) is 12.3. The number of aryl methyl sites for hydroxylation is 2. The lowest BCUT2D eigenvalue weighted by atomic mass is 10.1. The summed E-state index contributed by atoms with van der Waals surface area (Å²) in [7, 11) is -3.73. The fraction of sp³-hybridized carbons (Fsp3) is 0.208. The van der Waals surface area contributed by atoms with E-state index < -0.39 is 10.0 Å². The average Bonchev–Trinajstić information content (AvgIpc) is 2.75. The van der Waals surface area contributed by atoms with E-state index in [4.69, 9.17) is 4.74 Å². The molecular formula is C24H25BrN2O4S. The van der Waals surface area contributed by atoms with Gasteiger partial charge < -0.3 is 10.1 Å². The van der Waals surface area contributed by atoms with Crippen molar-refractivity contribution in [3.8, 4) is 5.75 Å². The van der Waals surface area contributed by atoms with E-state index in [0.29, 0.717) is 11.4 Å². The first kappa shape index (κ1) is 23.8. The number of halogens is 1. The summed E-state index contributed by atoms with van der Waals surface area (Å²) in [5.74, 6) is 0.134. The van der Waals surface area contributed by atoms with E-state index in [1.54, 1.807) is 12.1 Å². The van der Waals surface area contributed by atoms with Crippen LogP contribution in [0.15, 0.2) is 76.1 Å². The van der Waals surface area contributed by atoms with Crippen molar-refractivity contribution in [2.75, 3.05) is 11.3 Å². The molecule has 1 atom stereocenters. The van der Waals surface area contributed by atoms with Crippen LogP contribution in [0.25, 0.3) is 0 Å². The van der Waals surface area contributed by atoms with Crippen LogP contribution in [0.4, 0.5) is 5.69 Å². The summed E-state index contributed by atoms with van der Waals surface area (Å²) in [6.45, 7) is 5.61. The number of carbonyl (C=O) groups is 1. The molecule has 0 radical (unpaired) electrons. The van der Waals surface area contributed by atoms with E-state index in [1.807, 2.05) is 51.1 Å². The maximum absolute atomic E-state index is 12.6. The fourth-order valence-corrected chi connectivity index (χ4v) is 4.31. The zero-order chi connectivity index (χ0) is 23.3. The van der Waals surface area contributed by atoms with Gasteiger partial charge in [-0.05, 0) is 86.0 Å². The Kier molecular flexibility index (Phi) is 7.58. The smallest absolute Gasteiger partial charge is 0.261 e. The summed E-state index contributed by atoms with van der Waals surface area (Å²) in [5, 5.41) is 2.87. The number of anilines is 1. The third-order valence-corrected chi connectivity index (χ3v) is 6.94. The third-order valence-electron chi connectivity index (χ3n) is 5.01. The SMILES string of the molecule is Cc1ccc(NS(=O)(=O)c2ccc(OCC(=O)NC(C)c3ccc(Br)cc3)cc2)cc1C. The predicted octanol–water partition coefficient (Wildman–Crippen LogP) is 5.12. The molecule has 0 spiro atoms. The van der Waals surface area contributed by atoms with E-state index in [1.165, 1.54) is 24.3 Å². The molecule has 0 aromatic heterocycles. The molecule has 0 aliphatic rings. The highest BCUT2D eigenvalue weighted by molar-refractivity contribution is 9.10. The Morgan fingerprint density at radius 1 is 0.969 bits per heavy atom. The number of nitrogens with one attached hydrogen (secondary N) is 2. The van der Waals surface area contributed by atoms with Gasteiger partial charge in [0.15, 0.2) is 6.61 Å². The molecule has 0 fully saturated rings. The Morgan fingerprint density at radius 3 is 2.25 bits per heavy atom. The molecule has 8 heteroatoms. The molecule has 1 unspecified atom stereocenters. The number of amides is 1. The minimum absolute atomic E-state index is 0.108. The topological polar surface area (TPSA) is 84.5 Å². The minimum Gasteiger partial charge on any atom is -0.484 e. The quantitative estimate of drug-likeness (QED) is 0.434. The van der Waals surface area contributed by atoms with Gasteiger partial charge in [-0.15, -0.1) is 0 Å². The highest BCUT2D eigenvalue weighted by Gasteiger charge is 2.15. The van der Waals surface area contributed by atoms with Gasteiger partial charge in [-0.25, -0.2) is 8.42 Å².